The van der Waals surface area contributed by atoms with Gasteiger partial charge >= 0.3 is 0 Å². The molecule has 2 N–H and O–H groups in total. The molecule has 21 heavy (non-hydrogen) atoms. The highest BCUT2D eigenvalue weighted by Gasteiger charge is 2.04. The van der Waals surface area contributed by atoms with Gasteiger partial charge in [0.05, 0.1) is 22.6 Å². The average Bonchev–Trinajstić information content (AvgIpc) is 2.47. The maximum atomic E-state index is 12.1. The zero-order valence-corrected chi connectivity index (χ0v) is 13.3. The lowest BCUT2D eigenvalue weighted by Gasteiger charge is -2.04. The van der Waals surface area contributed by atoms with Gasteiger partial charge in [-0.3, -0.25) is 9.20 Å². The summed E-state index contributed by atoms with van der Waals surface area (Å²) in [5.74, 6) is 0.582. The first-order valence-electron chi connectivity index (χ1n) is 6.14. The molecule has 0 radical (unpaired) electrons. The van der Waals surface area contributed by atoms with E-state index in [-0.39, 0.29) is 5.56 Å². The van der Waals surface area contributed by atoms with Gasteiger partial charge in [-0.05, 0) is 40.2 Å². The van der Waals surface area contributed by atoms with E-state index in [0.29, 0.717) is 17.1 Å². The number of hydrogen-bond acceptors (Lipinski definition) is 5. The highest BCUT2D eigenvalue weighted by Crippen LogP contribution is 2.20. The van der Waals surface area contributed by atoms with E-state index >= 15 is 0 Å². The number of rotatable bonds is 3. The molecule has 5 nitrogen and oxygen atoms in total. The SMILES string of the molecule is Nc1ccc(SCc2cc(=O)n3cc(Br)ccc3n2)nc1. The molecule has 0 saturated carbocycles. The van der Waals surface area contributed by atoms with Crippen LogP contribution < -0.4 is 11.3 Å². The third kappa shape index (κ3) is 3.25. The van der Waals surface area contributed by atoms with Crippen molar-refractivity contribution in [3.05, 3.63) is 63.2 Å². The molecule has 3 aromatic heterocycles. The van der Waals surface area contributed by atoms with E-state index in [1.165, 1.54) is 16.2 Å². The molecule has 0 bridgehead atoms. The summed E-state index contributed by atoms with van der Waals surface area (Å²) in [4.78, 5) is 20.8. The zero-order chi connectivity index (χ0) is 14.8. The van der Waals surface area contributed by atoms with Crippen LogP contribution in [0.5, 0.6) is 0 Å². The topological polar surface area (TPSA) is 73.3 Å². The van der Waals surface area contributed by atoms with Crippen molar-refractivity contribution in [3.8, 4) is 0 Å². The van der Waals surface area contributed by atoms with Crippen molar-refractivity contribution in [1.82, 2.24) is 14.4 Å². The van der Waals surface area contributed by atoms with Crippen LogP contribution >= 0.6 is 27.7 Å². The lowest BCUT2D eigenvalue weighted by atomic mass is 10.4. The van der Waals surface area contributed by atoms with E-state index in [9.17, 15) is 4.79 Å². The first-order chi connectivity index (χ1) is 10.1. The highest BCUT2D eigenvalue weighted by atomic mass is 79.9. The van der Waals surface area contributed by atoms with Gasteiger partial charge in [-0.1, -0.05) is 0 Å². The number of halogens is 1. The molecule has 3 heterocycles. The fourth-order valence-corrected chi connectivity index (χ4v) is 2.90. The van der Waals surface area contributed by atoms with Crippen LogP contribution in [0.25, 0.3) is 5.65 Å². The van der Waals surface area contributed by atoms with Gasteiger partial charge in [-0.25, -0.2) is 9.97 Å². The summed E-state index contributed by atoms with van der Waals surface area (Å²) in [6.07, 6.45) is 3.33. The van der Waals surface area contributed by atoms with Gasteiger partial charge < -0.3 is 5.73 Å². The summed E-state index contributed by atoms with van der Waals surface area (Å²) in [7, 11) is 0. The largest absolute Gasteiger partial charge is 0.397 e. The van der Waals surface area contributed by atoms with Gasteiger partial charge in [-0.15, -0.1) is 11.8 Å². The Labute approximate surface area is 133 Å². The van der Waals surface area contributed by atoms with Crippen molar-refractivity contribution in [2.24, 2.45) is 0 Å². The minimum Gasteiger partial charge on any atom is -0.397 e. The van der Waals surface area contributed by atoms with Crippen LogP contribution in [-0.2, 0) is 5.75 Å². The van der Waals surface area contributed by atoms with E-state index in [1.54, 1.807) is 30.6 Å². The molecule has 0 atom stereocenters. The standard InChI is InChI=1S/C14H11BrN4OS/c15-9-1-3-12-18-11(5-14(20)19(12)7-9)8-21-13-4-2-10(16)6-17-13/h1-7H,8,16H2. The van der Waals surface area contributed by atoms with Crippen molar-refractivity contribution in [2.45, 2.75) is 10.8 Å². The first-order valence-corrected chi connectivity index (χ1v) is 7.92. The van der Waals surface area contributed by atoms with E-state index in [1.807, 2.05) is 12.1 Å². The number of anilines is 1. The predicted molar refractivity (Wildman–Crippen MR) is 87.4 cm³/mol. The summed E-state index contributed by atoms with van der Waals surface area (Å²) < 4.78 is 2.35. The molecular formula is C14H11BrN4OS. The van der Waals surface area contributed by atoms with Crippen LogP contribution in [0, 0.1) is 0 Å². The van der Waals surface area contributed by atoms with Crippen LogP contribution in [0.4, 0.5) is 5.69 Å². The highest BCUT2D eigenvalue weighted by molar-refractivity contribution is 9.10. The fourth-order valence-electron chi connectivity index (χ4n) is 1.83. The second-order valence-corrected chi connectivity index (χ2v) is 6.29. The van der Waals surface area contributed by atoms with Crippen LogP contribution in [0.1, 0.15) is 5.69 Å². The molecule has 3 rings (SSSR count). The Morgan fingerprint density at radius 1 is 1.29 bits per heavy atom. The number of fused-ring (bicyclic) bond motifs is 1. The van der Waals surface area contributed by atoms with Crippen molar-refractivity contribution in [1.29, 1.82) is 0 Å². The van der Waals surface area contributed by atoms with Crippen molar-refractivity contribution < 1.29 is 0 Å². The van der Waals surface area contributed by atoms with Gasteiger partial charge in [0.25, 0.3) is 5.56 Å². The predicted octanol–water partition coefficient (Wildman–Crippen LogP) is 2.73. The second-order valence-electron chi connectivity index (χ2n) is 4.38. The molecular weight excluding hydrogens is 352 g/mol. The number of nitrogen functional groups attached to an aromatic ring is 1. The van der Waals surface area contributed by atoms with Crippen LogP contribution in [-0.4, -0.2) is 14.4 Å². The minimum atomic E-state index is -0.0952. The third-order valence-electron chi connectivity index (χ3n) is 2.80. The average molecular weight is 363 g/mol. The number of nitrogens with two attached hydrogens (primary N) is 1. The molecule has 0 fully saturated rings. The Balaban J connectivity index is 1.86. The summed E-state index contributed by atoms with van der Waals surface area (Å²) in [5.41, 5.74) is 7.49. The summed E-state index contributed by atoms with van der Waals surface area (Å²) >= 11 is 4.86. The lowest BCUT2D eigenvalue weighted by Crippen LogP contribution is -2.15. The first kappa shape index (κ1) is 14.1. The van der Waals surface area contributed by atoms with Gasteiger partial charge in [0.2, 0.25) is 0 Å². The van der Waals surface area contributed by atoms with Gasteiger partial charge in [0.15, 0.2) is 0 Å². The molecule has 0 saturated heterocycles. The van der Waals surface area contributed by atoms with E-state index in [0.717, 1.165) is 15.2 Å². The molecule has 0 aliphatic carbocycles. The lowest BCUT2D eigenvalue weighted by molar-refractivity contribution is 1.00. The molecule has 0 aliphatic heterocycles. The Bertz CT molecular complexity index is 848. The van der Waals surface area contributed by atoms with Crippen LogP contribution in [0.15, 0.2) is 57.0 Å². The number of aromatic nitrogens is 3. The molecule has 0 spiro atoms. The van der Waals surface area contributed by atoms with Crippen LogP contribution in [0.3, 0.4) is 0 Å². The van der Waals surface area contributed by atoms with E-state index in [4.69, 9.17) is 5.73 Å². The maximum absolute atomic E-state index is 12.1. The van der Waals surface area contributed by atoms with E-state index in [2.05, 4.69) is 25.9 Å². The quantitative estimate of drug-likeness (QED) is 0.725. The Morgan fingerprint density at radius 3 is 2.90 bits per heavy atom. The molecule has 0 aromatic carbocycles. The van der Waals surface area contributed by atoms with E-state index < -0.39 is 0 Å². The molecule has 3 aromatic rings. The molecule has 7 heteroatoms. The second kappa shape index (κ2) is 5.87. The number of pyridine rings is 2. The van der Waals surface area contributed by atoms with Crippen LogP contribution in [0.2, 0.25) is 0 Å². The normalized spacial score (nSPS) is 10.9. The molecule has 0 aliphatic rings. The number of nitrogens with zero attached hydrogens (tertiary/aromatic N) is 3. The number of hydrogen-bond donors (Lipinski definition) is 1. The molecule has 0 amide bonds. The third-order valence-corrected chi connectivity index (χ3v) is 4.25. The van der Waals surface area contributed by atoms with Gasteiger partial charge in [0.1, 0.15) is 5.65 Å². The fraction of sp³-hybridized carbons (Fsp3) is 0.0714. The van der Waals surface area contributed by atoms with Crippen molar-refractivity contribution in [2.75, 3.05) is 5.73 Å². The number of thioether (sulfide) groups is 1. The van der Waals surface area contributed by atoms with Gasteiger partial charge in [0, 0.05) is 22.5 Å². The van der Waals surface area contributed by atoms with Gasteiger partial charge in [-0.2, -0.15) is 0 Å². The Morgan fingerprint density at radius 2 is 2.14 bits per heavy atom. The maximum Gasteiger partial charge on any atom is 0.258 e. The molecule has 106 valence electrons. The Hall–Kier alpha value is -1.86. The minimum absolute atomic E-state index is 0.0952. The zero-order valence-electron chi connectivity index (χ0n) is 10.9. The Kier molecular flexibility index (Phi) is 3.94. The molecule has 0 unspecified atom stereocenters. The monoisotopic (exact) mass is 362 g/mol. The van der Waals surface area contributed by atoms with Crippen molar-refractivity contribution >= 4 is 39.0 Å². The smallest absolute Gasteiger partial charge is 0.258 e. The van der Waals surface area contributed by atoms with Crippen molar-refractivity contribution in [3.63, 3.8) is 0 Å². The summed E-state index contributed by atoms with van der Waals surface area (Å²) in [5, 5.41) is 0.849. The summed E-state index contributed by atoms with van der Waals surface area (Å²) in [6, 6.07) is 8.87. The summed E-state index contributed by atoms with van der Waals surface area (Å²) in [6.45, 7) is 0.